The maximum atomic E-state index is 12.4. The summed E-state index contributed by atoms with van der Waals surface area (Å²) in [4.78, 5) is 19.9. The van der Waals surface area contributed by atoms with Crippen LogP contribution in [-0.4, -0.2) is 74.1 Å². The number of aliphatic hydroxyl groups excluding tert-OH is 4. The van der Waals surface area contributed by atoms with Crippen LogP contribution in [0.1, 0.15) is 212 Å². The van der Waals surface area contributed by atoms with Crippen molar-refractivity contribution in [2.24, 2.45) is 0 Å². The fourth-order valence-electron chi connectivity index (χ4n) is 8.26. The van der Waals surface area contributed by atoms with Gasteiger partial charge < -0.3 is 34.9 Å². The molecule has 0 aromatic rings. The van der Waals surface area contributed by atoms with Gasteiger partial charge >= 0.3 is 15.6 Å². The van der Waals surface area contributed by atoms with Crippen LogP contribution in [0.4, 0.5) is 0 Å². The van der Waals surface area contributed by atoms with E-state index in [-0.39, 0.29) is 0 Å². The van der Waals surface area contributed by atoms with Crippen LogP contribution in [0.15, 0.2) is 128 Å². The zero-order chi connectivity index (χ0) is 56.4. The van der Waals surface area contributed by atoms with Crippen LogP contribution in [0.2, 0.25) is 0 Å². The average Bonchev–Trinajstić information content (AvgIpc) is 3.31. The van der Waals surface area contributed by atoms with Crippen molar-refractivity contribution in [2.75, 3.05) is 13.2 Å². The second-order valence-corrected chi connectivity index (χ2v) is 24.3. The van der Waals surface area contributed by atoms with Crippen molar-refractivity contribution in [3.63, 3.8) is 0 Å². The van der Waals surface area contributed by atoms with Crippen LogP contribution in [0, 0.1) is 0 Å². The number of phosphoric acid groups is 2. The van der Waals surface area contributed by atoms with Crippen molar-refractivity contribution >= 4 is 15.6 Å². The smallest absolute Gasteiger partial charge is 0.394 e. The molecule has 1 saturated heterocycles. The zero-order valence-corrected chi connectivity index (χ0v) is 50.1. The molecule has 1 aliphatic rings. The van der Waals surface area contributed by atoms with E-state index in [2.05, 4.69) is 146 Å². The van der Waals surface area contributed by atoms with Crippen molar-refractivity contribution in [1.29, 1.82) is 0 Å². The van der Waals surface area contributed by atoms with Crippen molar-refractivity contribution in [1.82, 2.24) is 0 Å². The van der Waals surface area contributed by atoms with E-state index in [4.69, 9.17) is 9.26 Å². The Morgan fingerprint density at radius 2 is 0.667 bits per heavy atom. The Hall–Kier alpha value is -2.80. The largest absolute Gasteiger partial charge is 0.483 e. The lowest BCUT2D eigenvalue weighted by atomic mass is 10.00. The van der Waals surface area contributed by atoms with Gasteiger partial charge in [-0.25, -0.2) is 9.13 Å². The van der Waals surface area contributed by atoms with E-state index in [0.717, 1.165) is 121 Å². The van der Waals surface area contributed by atoms with E-state index in [1.807, 2.05) is 6.92 Å². The van der Waals surface area contributed by atoms with Gasteiger partial charge in [-0.2, -0.15) is 4.31 Å². The highest BCUT2D eigenvalue weighted by Gasteiger charge is 2.48. The van der Waals surface area contributed by atoms with E-state index in [1.54, 1.807) is 6.08 Å². The lowest BCUT2D eigenvalue weighted by molar-refractivity contribution is -0.280. The molecule has 0 radical (unpaired) electrons. The van der Waals surface area contributed by atoms with Crippen LogP contribution in [0.3, 0.4) is 0 Å². The monoisotopic (exact) mass is 1090 g/mol. The number of hydrogen-bond donors (Lipinski definition) is 6. The predicted octanol–water partition coefficient (Wildman–Crippen LogP) is 16.3. The lowest BCUT2D eigenvalue weighted by Crippen LogP contribution is -2.58. The van der Waals surface area contributed by atoms with Gasteiger partial charge in [0.25, 0.3) is 0 Å². The first kappa shape index (κ1) is 70.2. The third kappa shape index (κ3) is 36.1. The van der Waals surface area contributed by atoms with E-state index in [0.29, 0.717) is 6.42 Å². The van der Waals surface area contributed by atoms with Gasteiger partial charge in [0.1, 0.15) is 24.4 Å². The van der Waals surface area contributed by atoms with Gasteiger partial charge in [0, 0.05) is 0 Å². The molecule has 0 aromatic carbocycles. The molecule has 14 heteroatoms. The van der Waals surface area contributed by atoms with Crippen LogP contribution in [-0.2, 0) is 27.2 Å². The van der Waals surface area contributed by atoms with Gasteiger partial charge in [-0.1, -0.05) is 128 Å². The van der Waals surface area contributed by atoms with Gasteiger partial charge in [0.2, 0.25) is 0 Å². The Morgan fingerprint density at radius 3 is 0.933 bits per heavy atom. The van der Waals surface area contributed by atoms with Crippen molar-refractivity contribution in [2.45, 2.75) is 242 Å². The highest BCUT2D eigenvalue weighted by atomic mass is 31.3. The summed E-state index contributed by atoms with van der Waals surface area (Å²) in [6.45, 7) is 25.1. The number of phosphoric ester groups is 2. The third-order valence-corrected chi connectivity index (χ3v) is 15.9. The van der Waals surface area contributed by atoms with Gasteiger partial charge in [0.05, 0.1) is 13.2 Å². The summed E-state index contributed by atoms with van der Waals surface area (Å²) < 4.78 is 43.3. The number of rotatable bonds is 38. The van der Waals surface area contributed by atoms with E-state index in [1.165, 1.54) is 62.2 Å². The fraction of sp³-hybridized carbons (Fsp3) is 0.639. The first-order valence-corrected chi connectivity index (χ1v) is 30.5. The van der Waals surface area contributed by atoms with Crippen LogP contribution >= 0.6 is 15.6 Å². The second-order valence-electron chi connectivity index (χ2n) is 21.3. The molecule has 75 heavy (non-hydrogen) atoms. The number of ether oxygens (including phenoxy) is 1. The third-order valence-electron chi connectivity index (χ3n) is 13.3. The maximum Gasteiger partial charge on any atom is 0.483 e. The Bertz CT molecular complexity index is 2130. The molecule has 428 valence electrons. The predicted molar refractivity (Wildman–Crippen MR) is 311 cm³/mol. The molecule has 2 unspecified atom stereocenters. The topological polar surface area (TPSA) is 192 Å². The van der Waals surface area contributed by atoms with E-state index < -0.39 is 59.6 Å². The number of hydrogen-bond acceptors (Lipinski definition) is 10. The molecule has 1 fully saturated rings. The summed E-state index contributed by atoms with van der Waals surface area (Å²) >= 11 is 0. The number of aliphatic hydroxyl groups is 4. The molecule has 12 nitrogen and oxygen atoms in total. The zero-order valence-electron chi connectivity index (χ0n) is 48.3. The minimum absolute atomic E-state index is 0.399. The molecule has 1 heterocycles. The SMILES string of the molecule is CC(C)=CCC/C(C)=C/CC/C(C)=C/CC/C(C)=C\CC/C(C)=C\CC/C(C)=C\CC/C(C)=C\CC/C(C)=C\CC/C(C)=C\CC/C(C)=C\CC/C(C)=C\COP(=O)(O)OP(=O)(O)O[C@H]1O[C@H](CO)[C@@H](O)[C@H](O)[C@H]1O. The average molecular weight is 1090 g/mol. The van der Waals surface area contributed by atoms with Gasteiger partial charge in [-0.05, 0) is 212 Å². The maximum absolute atomic E-state index is 12.4. The highest BCUT2D eigenvalue weighted by molar-refractivity contribution is 7.61. The molecule has 0 saturated carbocycles. The molecule has 0 bridgehead atoms. The molecule has 1 aliphatic heterocycles. The van der Waals surface area contributed by atoms with Crippen molar-refractivity contribution in [3.05, 3.63) is 128 Å². The molecule has 0 amide bonds. The van der Waals surface area contributed by atoms with Crippen LogP contribution in [0.5, 0.6) is 0 Å². The molecular weight excluding hydrogens is 987 g/mol. The van der Waals surface area contributed by atoms with Crippen molar-refractivity contribution in [3.8, 4) is 0 Å². The Labute approximate surface area is 454 Å². The summed E-state index contributed by atoms with van der Waals surface area (Å²) in [7, 11) is -10.5. The second kappa shape index (κ2) is 39.5. The van der Waals surface area contributed by atoms with Crippen molar-refractivity contribution < 1.29 is 57.4 Å². The van der Waals surface area contributed by atoms with Crippen LogP contribution in [0.25, 0.3) is 0 Å². The summed E-state index contributed by atoms with van der Waals surface area (Å²) in [5.74, 6) is 0. The molecule has 0 spiro atoms. The summed E-state index contributed by atoms with van der Waals surface area (Å²) in [6.07, 6.45) is 37.4. The van der Waals surface area contributed by atoms with Gasteiger partial charge in [-0.15, -0.1) is 0 Å². The molecule has 7 atom stereocenters. The summed E-state index contributed by atoms with van der Waals surface area (Å²) in [5.41, 5.74) is 15.3. The Morgan fingerprint density at radius 1 is 0.400 bits per heavy atom. The number of allylic oxidation sites excluding steroid dienone is 21. The highest BCUT2D eigenvalue weighted by Crippen LogP contribution is 2.61. The van der Waals surface area contributed by atoms with Gasteiger partial charge in [-0.3, -0.25) is 9.05 Å². The van der Waals surface area contributed by atoms with Crippen LogP contribution < -0.4 is 0 Å². The first-order chi connectivity index (χ1) is 35.3. The minimum atomic E-state index is -5.38. The molecular formula is C61H102O12P2. The molecule has 0 aliphatic carbocycles. The van der Waals surface area contributed by atoms with E-state index in [9.17, 15) is 39.3 Å². The molecule has 0 aromatic heterocycles. The standard InChI is InChI=1S/C61H102O12P2/c1-46(2)23-13-24-47(3)25-14-26-48(4)27-15-28-49(5)29-16-30-50(6)31-17-32-51(7)33-18-34-52(8)35-19-36-53(9)37-20-38-54(10)39-21-40-55(11)41-22-42-56(12)43-44-70-74(66,67)73-75(68,69)72-61-60(65)59(64)58(63)57(45-62)71-61/h23,25,27,29,31,33,35,37,39,41,43,57-65H,13-22,24,26,28,30,32,34,36,38,40,42,44-45H2,1-12H3,(H,66,67)(H,68,69)/b47-25+,48-27+,49-29-,50-31-,51-33-,52-35-,53-37-,54-39-,55-41-,56-43-/t57-,58-,59+,60-,61-/m1/s1. The first-order valence-electron chi connectivity index (χ1n) is 27.5. The Balaban J connectivity index is 2.29. The minimum Gasteiger partial charge on any atom is -0.394 e. The lowest BCUT2D eigenvalue weighted by Gasteiger charge is -2.39. The fourth-order valence-corrected chi connectivity index (χ4v) is 10.3. The summed E-state index contributed by atoms with van der Waals surface area (Å²) in [6, 6.07) is 0. The normalized spacial score (nSPS) is 22.1. The van der Waals surface area contributed by atoms with Gasteiger partial charge in [0.15, 0.2) is 6.29 Å². The molecule has 6 N–H and O–H groups in total. The van der Waals surface area contributed by atoms with E-state index >= 15 is 0 Å². The molecule has 1 rings (SSSR count). The summed E-state index contributed by atoms with van der Waals surface area (Å²) in [5, 5.41) is 39.0. The quantitative estimate of drug-likeness (QED) is 0.0254. The Kier molecular flexibility index (Phi) is 37.0.